The van der Waals surface area contributed by atoms with Gasteiger partial charge < -0.3 is 19.4 Å². The first-order valence-electron chi connectivity index (χ1n) is 7.13. The van der Waals surface area contributed by atoms with Crippen LogP contribution in [0.4, 0.5) is 0 Å². The van der Waals surface area contributed by atoms with Gasteiger partial charge in [0.1, 0.15) is 15.8 Å². The molecule has 1 aliphatic heterocycles. The summed E-state index contributed by atoms with van der Waals surface area (Å²) in [4.78, 5) is 24.8. The molecule has 1 saturated heterocycles. The number of hydrogen-bond donors (Lipinski definition) is 0. The van der Waals surface area contributed by atoms with E-state index in [9.17, 15) is 14.7 Å². The molecule has 0 spiro atoms. The van der Waals surface area contributed by atoms with Gasteiger partial charge in [-0.2, -0.15) is 0 Å². The molecular formula is C16H16NO5S2-. The number of benzene rings is 1. The van der Waals surface area contributed by atoms with Crippen molar-refractivity contribution in [2.24, 2.45) is 0 Å². The summed E-state index contributed by atoms with van der Waals surface area (Å²) in [6.45, 7) is 0.260. The molecule has 0 aliphatic carbocycles. The third-order valence-electron chi connectivity index (χ3n) is 3.36. The quantitative estimate of drug-likeness (QED) is 0.534. The number of methoxy groups -OCH3 is 2. The Hall–Kier alpha value is -2.06. The number of carbonyl (C=O) groups is 2. The smallest absolute Gasteiger partial charge is 0.266 e. The Morgan fingerprint density at radius 3 is 2.75 bits per heavy atom. The molecular weight excluding hydrogens is 350 g/mol. The van der Waals surface area contributed by atoms with Gasteiger partial charge in [-0.25, -0.2) is 0 Å². The van der Waals surface area contributed by atoms with Crippen molar-refractivity contribution < 1.29 is 24.2 Å². The number of carbonyl (C=O) groups excluding carboxylic acids is 2. The molecule has 0 radical (unpaired) electrons. The molecule has 1 aromatic rings. The van der Waals surface area contributed by atoms with E-state index in [2.05, 4.69) is 0 Å². The number of nitrogens with zero attached hydrogens (tertiary/aromatic N) is 1. The second kappa shape index (κ2) is 8.16. The van der Waals surface area contributed by atoms with Gasteiger partial charge in [0.15, 0.2) is 0 Å². The molecule has 1 aromatic carbocycles. The molecule has 6 nitrogen and oxygen atoms in total. The maximum absolute atomic E-state index is 12.4. The number of rotatable bonds is 7. The zero-order chi connectivity index (χ0) is 17.7. The highest BCUT2D eigenvalue weighted by atomic mass is 32.2. The number of thioether (sulfide) groups is 1. The lowest BCUT2D eigenvalue weighted by molar-refractivity contribution is -0.305. The van der Waals surface area contributed by atoms with Gasteiger partial charge in [-0.05, 0) is 31.1 Å². The van der Waals surface area contributed by atoms with Crippen LogP contribution in [-0.2, 0) is 9.59 Å². The molecule has 8 heteroatoms. The van der Waals surface area contributed by atoms with E-state index in [1.54, 1.807) is 31.4 Å². The molecule has 2 rings (SSSR count). The van der Waals surface area contributed by atoms with E-state index < -0.39 is 5.97 Å². The maximum Gasteiger partial charge on any atom is 0.266 e. The van der Waals surface area contributed by atoms with E-state index >= 15 is 0 Å². The summed E-state index contributed by atoms with van der Waals surface area (Å²) in [5.41, 5.74) is 0.730. The molecule has 24 heavy (non-hydrogen) atoms. The van der Waals surface area contributed by atoms with Gasteiger partial charge in [-0.3, -0.25) is 9.69 Å². The predicted molar refractivity (Wildman–Crippen MR) is 93.7 cm³/mol. The first-order valence-corrected chi connectivity index (χ1v) is 8.36. The third kappa shape index (κ3) is 4.27. The SMILES string of the molecule is COc1ccc(/C=C2/SC(=S)N(CCCC(=O)[O-])C2=O)c(OC)c1. The molecule has 0 aromatic heterocycles. The number of carboxylic acids is 1. The molecule has 1 amide bonds. The van der Waals surface area contributed by atoms with Gasteiger partial charge in [-0.1, -0.05) is 24.0 Å². The van der Waals surface area contributed by atoms with E-state index in [4.69, 9.17) is 21.7 Å². The van der Waals surface area contributed by atoms with Crippen molar-refractivity contribution in [3.8, 4) is 11.5 Å². The topological polar surface area (TPSA) is 78.9 Å². The normalized spacial score (nSPS) is 15.9. The van der Waals surface area contributed by atoms with Gasteiger partial charge >= 0.3 is 0 Å². The summed E-state index contributed by atoms with van der Waals surface area (Å²) in [5.74, 6) is -0.143. The van der Waals surface area contributed by atoms with Crippen LogP contribution in [0, 0.1) is 0 Å². The lowest BCUT2D eigenvalue weighted by Gasteiger charge is -2.14. The Morgan fingerprint density at radius 1 is 1.38 bits per heavy atom. The maximum atomic E-state index is 12.4. The summed E-state index contributed by atoms with van der Waals surface area (Å²) in [5, 5.41) is 10.5. The summed E-state index contributed by atoms with van der Waals surface area (Å²) < 4.78 is 10.9. The van der Waals surface area contributed by atoms with Crippen molar-refractivity contribution in [3.63, 3.8) is 0 Å². The molecule has 0 N–H and O–H groups in total. The molecule has 0 atom stereocenters. The van der Waals surface area contributed by atoms with E-state index in [0.29, 0.717) is 27.1 Å². The standard InChI is InChI=1S/C16H17NO5S2/c1-21-11-6-5-10(12(9-11)22-2)8-13-15(20)17(16(23)24-13)7-3-4-14(18)19/h5-6,8-9H,3-4,7H2,1-2H3,(H,18,19)/p-1/b13-8+. The van der Waals surface area contributed by atoms with Crippen molar-refractivity contribution in [3.05, 3.63) is 28.7 Å². The second-order valence-corrected chi connectivity index (χ2v) is 6.59. The Kier molecular flexibility index (Phi) is 6.22. The third-order valence-corrected chi connectivity index (χ3v) is 4.74. The van der Waals surface area contributed by atoms with Crippen LogP contribution in [0.2, 0.25) is 0 Å². The average molecular weight is 366 g/mol. The van der Waals surface area contributed by atoms with E-state index in [-0.39, 0.29) is 18.9 Å². The van der Waals surface area contributed by atoms with Crippen molar-refractivity contribution >= 4 is 46.3 Å². The lowest BCUT2D eigenvalue weighted by atomic mass is 10.1. The number of amides is 1. The van der Waals surface area contributed by atoms with Crippen LogP contribution in [0.1, 0.15) is 18.4 Å². The van der Waals surface area contributed by atoms with E-state index in [1.165, 1.54) is 23.8 Å². The van der Waals surface area contributed by atoms with Gasteiger partial charge in [0.2, 0.25) is 0 Å². The summed E-state index contributed by atoms with van der Waals surface area (Å²) in [7, 11) is 3.10. The minimum Gasteiger partial charge on any atom is -0.550 e. The van der Waals surface area contributed by atoms with Gasteiger partial charge in [0.25, 0.3) is 5.91 Å². The fourth-order valence-corrected chi connectivity index (χ4v) is 3.45. The summed E-state index contributed by atoms with van der Waals surface area (Å²) >= 11 is 6.39. The molecule has 1 heterocycles. The fraction of sp³-hybridized carbons (Fsp3) is 0.312. The summed E-state index contributed by atoms with van der Waals surface area (Å²) in [6, 6.07) is 5.29. The van der Waals surface area contributed by atoms with Crippen LogP contribution < -0.4 is 14.6 Å². The Labute approximate surface area is 149 Å². The largest absolute Gasteiger partial charge is 0.550 e. The highest BCUT2D eigenvalue weighted by Gasteiger charge is 2.31. The Balaban J connectivity index is 2.18. The van der Waals surface area contributed by atoms with Crippen LogP contribution in [0.15, 0.2) is 23.1 Å². The predicted octanol–water partition coefficient (Wildman–Crippen LogP) is 1.44. The first-order chi connectivity index (χ1) is 11.5. The summed E-state index contributed by atoms with van der Waals surface area (Å²) in [6.07, 6.45) is 1.90. The van der Waals surface area contributed by atoms with Crippen LogP contribution in [0.5, 0.6) is 11.5 Å². The number of carboxylic acid groups (broad SMARTS) is 1. The Morgan fingerprint density at radius 2 is 2.12 bits per heavy atom. The minimum absolute atomic E-state index is 0.109. The van der Waals surface area contributed by atoms with Crippen LogP contribution in [-0.4, -0.2) is 41.9 Å². The highest BCUT2D eigenvalue weighted by Crippen LogP contribution is 2.35. The zero-order valence-electron chi connectivity index (χ0n) is 13.2. The van der Waals surface area contributed by atoms with E-state index in [0.717, 1.165) is 5.56 Å². The van der Waals surface area contributed by atoms with Gasteiger partial charge in [0, 0.05) is 24.1 Å². The number of aliphatic carboxylic acids is 1. The van der Waals surface area contributed by atoms with Gasteiger partial charge in [-0.15, -0.1) is 0 Å². The second-order valence-electron chi connectivity index (χ2n) is 4.92. The first kappa shape index (κ1) is 18.3. The van der Waals surface area contributed by atoms with Crippen molar-refractivity contribution in [2.45, 2.75) is 12.8 Å². The number of hydrogen-bond acceptors (Lipinski definition) is 7. The minimum atomic E-state index is -1.14. The highest BCUT2D eigenvalue weighted by molar-refractivity contribution is 8.26. The monoisotopic (exact) mass is 366 g/mol. The molecule has 0 unspecified atom stereocenters. The van der Waals surface area contributed by atoms with Crippen LogP contribution >= 0.6 is 24.0 Å². The molecule has 0 saturated carbocycles. The van der Waals surface area contributed by atoms with Crippen LogP contribution in [0.25, 0.3) is 6.08 Å². The number of ether oxygens (including phenoxy) is 2. The number of thiocarbonyl (C=S) groups is 1. The lowest BCUT2D eigenvalue weighted by Crippen LogP contribution is -2.30. The van der Waals surface area contributed by atoms with Crippen LogP contribution in [0.3, 0.4) is 0 Å². The Bertz CT molecular complexity index is 702. The molecule has 1 fully saturated rings. The fourth-order valence-electron chi connectivity index (χ4n) is 2.15. The van der Waals surface area contributed by atoms with Gasteiger partial charge in [0.05, 0.1) is 19.1 Å². The van der Waals surface area contributed by atoms with Crippen molar-refractivity contribution in [2.75, 3.05) is 20.8 Å². The molecule has 0 bridgehead atoms. The van der Waals surface area contributed by atoms with Crippen molar-refractivity contribution in [1.82, 2.24) is 4.90 Å². The average Bonchev–Trinajstić information content (AvgIpc) is 2.82. The zero-order valence-corrected chi connectivity index (χ0v) is 14.9. The molecule has 128 valence electrons. The van der Waals surface area contributed by atoms with E-state index in [1.807, 2.05) is 0 Å². The molecule has 1 aliphatic rings. The van der Waals surface area contributed by atoms with Crippen molar-refractivity contribution in [1.29, 1.82) is 0 Å².